The van der Waals surface area contributed by atoms with Gasteiger partial charge in [-0.3, -0.25) is 0 Å². The van der Waals surface area contributed by atoms with Gasteiger partial charge in [-0.25, -0.2) is 4.79 Å². The van der Waals surface area contributed by atoms with Crippen LogP contribution in [-0.4, -0.2) is 43.7 Å². The van der Waals surface area contributed by atoms with Crippen LogP contribution in [0, 0.1) is 5.92 Å². The zero-order valence-corrected chi connectivity index (χ0v) is 12.5. The van der Waals surface area contributed by atoms with Crippen LogP contribution in [0.25, 0.3) is 0 Å². The summed E-state index contributed by atoms with van der Waals surface area (Å²) in [5, 5.41) is 2.87. The average Bonchev–Trinajstić information content (AvgIpc) is 2.53. The van der Waals surface area contributed by atoms with Crippen molar-refractivity contribution in [1.29, 1.82) is 0 Å². The maximum absolute atomic E-state index is 11.7. The Hall–Kier alpha value is -1.59. The summed E-state index contributed by atoms with van der Waals surface area (Å²) in [6, 6.07) is 9.70. The highest BCUT2D eigenvalue weighted by Crippen LogP contribution is 2.15. The highest BCUT2D eigenvalue weighted by Gasteiger charge is 2.19. The molecule has 0 radical (unpaired) electrons. The van der Waals surface area contributed by atoms with Crippen LogP contribution in [0.2, 0.25) is 0 Å². The molecular weight excluding hydrogens is 266 g/mol. The van der Waals surface area contributed by atoms with Gasteiger partial charge in [-0.05, 0) is 30.9 Å². The van der Waals surface area contributed by atoms with E-state index in [2.05, 4.69) is 10.2 Å². The van der Waals surface area contributed by atoms with E-state index in [1.165, 1.54) is 6.42 Å². The van der Waals surface area contributed by atoms with Crippen LogP contribution in [0.1, 0.15) is 18.4 Å². The fourth-order valence-electron chi connectivity index (χ4n) is 2.71. The summed E-state index contributed by atoms with van der Waals surface area (Å²) in [5.41, 5.74) is 6.59. The Morgan fingerprint density at radius 2 is 2.19 bits per heavy atom. The molecule has 1 unspecified atom stereocenters. The van der Waals surface area contributed by atoms with Crippen LogP contribution in [-0.2, 0) is 11.3 Å². The number of nitrogens with two attached hydrogens (primary N) is 1. The molecule has 3 N–H and O–H groups in total. The lowest BCUT2D eigenvalue weighted by Gasteiger charge is -2.32. The molecule has 0 aromatic heterocycles. The average molecular weight is 291 g/mol. The van der Waals surface area contributed by atoms with Crippen molar-refractivity contribution >= 4 is 6.09 Å². The second-order valence-corrected chi connectivity index (χ2v) is 5.54. The number of nitrogens with one attached hydrogen (secondary N) is 1. The number of carbonyl (C=O) groups is 1. The maximum Gasteiger partial charge on any atom is 0.407 e. The van der Waals surface area contributed by atoms with Gasteiger partial charge >= 0.3 is 6.09 Å². The van der Waals surface area contributed by atoms with Crippen molar-refractivity contribution in [3.05, 3.63) is 35.9 Å². The quantitative estimate of drug-likeness (QED) is 0.835. The zero-order chi connectivity index (χ0) is 14.9. The Morgan fingerprint density at radius 1 is 1.38 bits per heavy atom. The predicted molar refractivity (Wildman–Crippen MR) is 82.8 cm³/mol. The van der Waals surface area contributed by atoms with Crippen molar-refractivity contribution in [3.8, 4) is 0 Å². The van der Waals surface area contributed by atoms with E-state index in [0.717, 1.165) is 31.6 Å². The van der Waals surface area contributed by atoms with Gasteiger partial charge in [0.05, 0.1) is 0 Å². The Labute approximate surface area is 126 Å². The smallest absolute Gasteiger partial charge is 0.407 e. The predicted octanol–water partition coefficient (Wildman–Crippen LogP) is 1.58. The minimum absolute atomic E-state index is 0.316. The number of amides is 1. The van der Waals surface area contributed by atoms with Crippen molar-refractivity contribution in [3.63, 3.8) is 0 Å². The zero-order valence-electron chi connectivity index (χ0n) is 12.5. The van der Waals surface area contributed by atoms with Gasteiger partial charge in [-0.1, -0.05) is 30.3 Å². The number of piperidine rings is 1. The summed E-state index contributed by atoms with van der Waals surface area (Å²) in [5.74, 6) is 0.495. The van der Waals surface area contributed by atoms with Gasteiger partial charge in [0.1, 0.15) is 6.61 Å². The van der Waals surface area contributed by atoms with Crippen LogP contribution < -0.4 is 11.1 Å². The van der Waals surface area contributed by atoms with Crippen molar-refractivity contribution in [2.75, 3.05) is 32.7 Å². The molecule has 1 fully saturated rings. The first-order chi connectivity index (χ1) is 10.3. The minimum Gasteiger partial charge on any atom is -0.445 e. The number of nitrogens with zero attached hydrogens (tertiary/aromatic N) is 1. The van der Waals surface area contributed by atoms with Crippen LogP contribution in [0.5, 0.6) is 0 Å². The van der Waals surface area contributed by atoms with Crippen LogP contribution in [0.3, 0.4) is 0 Å². The van der Waals surface area contributed by atoms with E-state index in [1.807, 2.05) is 30.3 Å². The van der Waals surface area contributed by atoms with Gasteiger partial charge in [-0.15, -0.1) is 0 Å². The summed E-state index contributed by atoms with van der Waals surface area (Å²) >= 11 is 0. The maximum atomic E-state index is 11.7. The molecule has 1 amide bonds. The van der Waals surface area contributed by atoms with Gasteiger partial charge < -0.3 is 20.7 Å². The topological polar surface area (TPSA) is 67.6 Å². The Kier molecular flexibility index (Phi) is 6.50. The molecule has 0 aliphatic carbocycles. The summed E-state index contributed by atoms with van der Waals surface area (Å²) < 4.78 is 5.21. The SMILES string of the molecule is NCCN1CCCC(CNC(=O)OCc2ccccc2)C1. The summed E-state index contributed by atoms with van der Waals surface area (Å²) in [6.07, 6.45) is 1.99. The summed E-state index contributed by atoms with van der Waals surface area (Å²) in [6.45, 7) is 4.75. The van der Waals surface area contributed by atoms with Crippen molar-refractivity contribution < 1.29 is 9.53 Å². The number of likely N-dealkylation sites (tertiary alicyclic amines) is 1. The largest absolute Gasteiger partial charge is 0.445 e. The van der Waals surface area contributed by atoms with E-state index in [-0.39, 0.29) is 6.09 Å². The van der Waals surface area contributed by atoms with Gasteiger partial charge in [0.15, 0.2) is 0 Å². The van der Waals surface area contributed by atoms with Crippen LogP contribution in [0.15, 0.2) is 30.3 Å². The Balaban J connectivity index is 1.64. The van der Waals surface area contributed by atoms with E-state index in [9.17, 15) is 4.79 Å². The molecule has 1 saturated heterocycles. The van der Waals surface area contributed by atoms with Crippen molar-refractivity contribution in [2.24, 2.45) is 11.7 Å². The summed E-state index contributed by atoms with van der Waals surface area (Å²) in [7, 11) is 0. The summed E-state index contributed by atoms with van der Waals surface area (Å²) in [4.78, 5) is 14.1. The van der Waals surface area contributed by atoms with Crippen molar-refractivity contribution in [1.82, 2.24) is 10.2 Å². The molecule has 1 aromatic carbocycles. The molecule has 1 aromatic rings. The fourth-order valence-corrected chi connectivity index (χ4v) is 2.71. The van der Waals surface area contributed by atoms with E-state index in [0.29, 0.717) is 25.6 Å². The first-order valence-electron chi connectivity index (χ1n) is 7.65. The fraction of sp³-hybridized carbons (Fsp3) is 0.562. The Morgan fingerprint density at radius 3 is 2.95 bits per heavy atom. The molecule has 21 heavy (non-hydrogen) atoms. The highest BCUT2D eigenvalue weighted by atomic mass is 16.5. The molecule has 0 spiro atoms. The van der Waals surface area contributed by atoms with Gasteiger partial charge in [0.2, 0.25) is 0 Å². The molecule has 1 aliphatic heterocycles. The molecular formula is C16H25N3O2. The third-order valence-electron chi connectivity index (χ3n) is 3.80. The molecule has 5 nitrogen and oxygen atoms in total. The van der Waals surface area contributed by atoms with Gasteiger partial charge in [0.25, 0.3) is 0 Å². The number of ether oxygens (including phenoxy) is 1. The Bertz CT molecular complexity index is 423. The van der Waals surface area contributed by atoms with E-state index >= 15 is 0 Å². The third-order valence-corrected chi connectivity index (χ3v) is 3.80. The lowest BCUT2D eigenvalue weighted by molar-refractivity contribution is 0.131. The first-order valence-corrected chi connectivity index (χ1v) is 7.65. The van der Waals surface area contributed by atoms with E-state index < -0.39 is 0 Å². The lowest BCUT2D eigenvalue weighted by atomic mass is 9.98. The minimum atomic E-state index is -0.338. The molecule has 0 bridgehead atoms. The normalized spacial score (nSPS) is 19.2. The standard InChI is InChI=1S/C16H25N3O2/c17-8-10-19-9-4-7-15(12-19)11-18-16(20)21-13-14-5-2-1-3-6-14/h1-3,5-6,15H,4,7-13,17H2,(H,18,20). The van der Waals surface area contributed by atoms with Crippen LogP contribution in [0.4, 0.5) is 4.79 Å². The highest BCUT2D eigenvalue weighted by molar-refractivity contribution is 5.67. The molecule has 116 valence electrons. The number of carbonyl (C=O) groups excluding carboxylic acids is 1. The van der Waals surface area contributed by atoms with Gasteiger partial charge in [0, 0.05) is 26.2 Å². The molecule has 1 aliphatic rings. The van der Waals surface area contributed by atoms with Gasteiger partial charge in [-0.2, -0.15) is 0 Å². The molecule has 2 rings (SSSR count). The van der Waals surface area contributed by atoms with E-state index in [4.69, 9.17) is 10.5 Å². The third kappa shape index (κ3) is 5.73. The van der Waals surface area contributed by atoms with Crippen molar-refractivity contribution in [2.45, 2.75) is 19.4 Å². The molecule has 5 heteroatoms. The first kappa shape index (κ1) is 15.8. The molecule has 0 saturated carbocycles. The molecule has 1 atom stereocenters. The number of benzene rings is 1. The second kappa shape index (κ2) is 8.64. The second-order valence-electron chi connectivity index (χ2n) is 5.54. The number of alkyl carbamates (subject to hydrolysis) is 1. The van der Waals surface area contributed by atoms with Crippen LogP contribution >= 0.6 is 0 Å². The lowest BCUT2D eigenvalue weighted by Crippen LogP contribution is -2.42. The number of hydrogen-bond donors (Lipinski definition) is 2. The van der Waals surface area contributed by atoms with E-state index in [1.54, 1.807) is 0 Å². The number of rotatable bonds is 6. The monoisotopic (exact) mass is 291 g/mol. The molecule has 1 heterocycles. The number of hydrogen-bond acceptors (Lipinski definition) is 4.